The van der Waals surface area contributed by atoms with Gasteiger partial charge in [0.1, 0.15) is 0 Å². The number of morpholine rings is 1. The molecular weight excluding hydrogens is 254 g/mol. The first kappa shape index (κ1) is 15.7. The van der Waals surface area contributed by atoms with E-state index < -0.39 is 0 Å². The Labute approximate surface area is 122 Å². The van der Waals surface area contributed by atoms with Crippen LogP contribution in [0.15, 0.2) is 0 Å². The van der Waals surface area contributed by atoms with Crippen molar-refractivity contribution in [1.82, 2.24) is 9.80 Å². The monoisotopic (exact) mass is 283 g/mol. The van der Waals surface area contributed by atoms with Crippen LogP contribution in [0, 0.1) is 0 Å². The highest BCUT2D eigenvalue weighted by Crippen LogP contribution is 2.21. The standard InChI is InChI=1S/C15H29N3O2/c1-12-9-17(10-13(2)20-12)11-14-5-4-8-18(14)15(19)6-3-7-16/h12-14H,3-11,16H2,1-2H3/t12-,13-,14+/m1/s1. The maximum absolute atomic E-state index is 12.2. The number of hydrogen-bond acceptors (Lipinski definition) is 4. The summed E-state index contributed by atoms with van der Waals surface area (Å²) in [5, 5.41) is 0. The van der Waals surface area contributed by atoms with Gasteiger partial charge in [-0.05, 0) is 39.7 Å². The summed E-state index contributed by atoms with van der Waals surface area (Å²) >= 11 is 0. The van der Waals surface area contributed by atoms with Crippen LogP contribution in [0.3, 0.4) is 0 Å². The van der Waals surface area contributed by atoms with Crippen molar-refractivity contribution in [3.05, 3.63) is 0 Å². The molecule has 0 saturated carbocycles. The first-order chi connectivity index (χ1) is 9.60. The van der Waals surface area contributed by atoms with E-state index in [0.717, 1.165) is 45.4 Å². The van der Waals surface area contributed by atoms with Crippen LogP contribution in [-0.2, 0) is 9.53 Å². The predicted molar refractivity (Wildman–Crippen MR) is 79.5 cm³/mol. The van der Waals surface area contributed by atoms with Crippen molar-refractivity contribution in [2.75, 3.05) is 32.7 Å². The summed E-state index contributed by atoms with van der Waals surface area (Å²) in [4.78, 5) is 16.8. The van der Waals surface area contributed by atoms with Crippen LogP contribution in [-0.4, -0.2) is 66.7 Å². The van der Waals surface area contributed by atoms with Gasteiger partial charge in [-0.15, -0.1) is 0 Å². The Kier molecular flexibility index (Phi) is 5.81. The lowest BCUT2D eigenvalue weighted by molar-refractivity contribution is -0.133. The molecule has 0 aromatic rings. The summed E-state index contributed by atoms with van der Waals surface area (Å²) in [6.07, 6.45) is 4.25. The maximum Gasteiger partial charge on any atom is 0.222 e. The van der Waals surface area contributed by atoms with E-state index in [0.29, 0.717) is 31.2 Å². The smallest absolute Gasteiger partial charge is 0.222 e. The van der Waals surface area contributed by atoms with Crippen molar-refractivity contribution < 1.29 is 9.53 Å². The zero-order valence-corrected chi connectivity index (χ0v) is 12.9. The minimum Gasteiger partial charge on any atom is -0.373 e. The number of carbonyl (C=O) groups excluding carboxylic acids is 1. The molecule has 116 valence electrons. The molecule has 3 atom stereocenters. The molecule has 2 heterocycles. The Morgan fingerprint density at radius 2 is 2.00 bits per heavy atom. The molecule has 0 aromatic carbocycles. The van der Waals surface area contributed by atoms with Gasteiger partial charge in [0, 0.05) is 38.6 Å². The van der Waals surface area contributed by atoms with E-state index in [1.54, 1.807) is 0 Å². The van der Waals surface area contributed by atoms with Crippen molar-refractivity contribution in [2.24, 2.45) is 5.73 Å². The summed E-state index contributed by atoms with van der Waals surface area (Å²) in [5.74, 6) is 0.285. The number of hydrogen-bond donors (Lipinski definition) is 1. The van der Waals surface area contributed by atoms with Crippen LogP contribution < -0.4 is 5.73 Å². The third kappa shape index (κ3) is 4.17. The van der Waals surface area contributed by atoms with E-state index in [9.17, 15) is 4.79 Å². The fraction of sp³-hybridized carbons (Fsp3) is 0.933. The molecular formula is C15H29N3O2. The molecule has 20 heavy (non-hydrogen) atoms. The van der Waals surface area contributed by atoms with Crippen molar-refractivity contribution >= 4 is 5.91 Å². The number of rotatable bonds is 5. The number of likely N-dealkylation sites (tertiary alicyclic amines) is 1. The molecule has 0 aliphatic carbocycles. The van der Waals surface area contributed by atoms with Crippen LogP contribution in [0.5, 0.6) is 0 Å². The zero-order valence-electron chi connectivity index (χ0n) is 12.9. The number of carbonyl (C=O) groups is 1. The molecule has 2 aliphatic heterocycles. The van der Waals surface area contributed by atoms with Gasteiger partial charge >= 0.3 is 0 Å². The molecule has 5 heteroatoms. The van der Waals surface area contributed by atoms with Crippen LogP contribution in [0.2, 0.25) is 0 Å². The lowest BCUT2D eigenvalue weighted by Crippen LogP contribution is -2.50. The molecule has 0 unspecified atom stereocenters. The summed E-state index contributed by atoms with van der Waals surface area (Å²) in [5.41, 5.74) is 5.50. The quantitative estimate of drug-likeness (QED) is 0.812. The zero-order chi connectivity index (χ0) is 14.5. The molecule has 0 aromatic heterocycles. The molecule has 2 rings (SSSR count). The second-order valence-electron chi connectivity index (χ2n) is 6.25. The molecule has 2 saturated heterocycles. The fourth-order valence-corrected chi connectivity index (χ4v) is 3.48. The highest BCUT2D eigenvalue weighted by molar-refractivity contribution is 5.76. The predicted octanol–water partition coefficient (Wildman–Crippen LogP) is 0.826. The molecule has 0 spiro atoms. The topological polar surface area (TPSA) is 58.8 Å². The summed E-state index contributed by atoms with van der Waals surface area (Å²) in [7, 11) is 0. The third-order valence-corrected chi connectivity index (χ3v) is 4.26. The second-order valence-corrected chi connectivity index (χ2v) is 6.25. The molecule has 2 fully saturated rings. The first-order valence-electron chi connectivity index (χ1n) is 7.97. The van der Waals surface area contributed by atoms with Crippen LogP contribution in [0.4, 0.5) is 0 Å². The van der Waals surface area contributed by atoms with Gasteiger partial charge in [-0.3, -0.25) is 9.69 Å². The van der Waals surface area contributed by atoms with Gasteiger partial charge in [0.05, 0.1) is 12.2 Å². The minimum absolute atomic E-state index is 0.285. The van der Waals surface area contributed by atoms with Gasteiger partial charge in [-0.25, -0.2) is 0 Å². The Bertz CT molecular complexity index is 314. The summed E-state index contributed by atoms with van der Waals surface area (Å²) < 4.78 is 5.77. The van der Waals surface area contributed by atoms with E-state index in [-0.39, 0.29) is 5.91 Å². The lowest BCUT2D eigenvalue weighted by Gasteiger charge is -2.38. The average molecular weight is 283 g/mol. The van der Waals surface area contributed by atoms with E-state index in [1.165, 1.54) is 0 Å². The average Bonchev–Trinajstić information content (AvgIpc) is 2.82. The lowest BCUT2D eigenvalue weighted by atomic mass is 10.1. The number of amides is 1. The SMILES string of the molecule is C[C@@H]1CN(C[C@@H]2CCCN2C(=O)CCCN)C[C@@H](C)O1. The largest absolute Gasteiger partial charge is 0.373 e. The Morgan fingerprint density at radius 1 is 1.30 bits per heavy atom. The fourth-order valence-electron chi connectivity index (χ4n) is 3.48. The summed E-state index contributed by atoms with van der Waals surface area (Å²) in [6.45, 7) is 8.72. The maximum atomic E-state index is 12.2. The number of nitrogens with zero attached hydrogens (tertiary/aromatic N) is 2. The van der Waals surface area contributed by atoms with Gasteiger partial charge < -0.3 is 15.4 Å². The van der Waals surface area contributed by atoms with Gasteiger partial charge in [0.2, 0.25) is 5.91 Å². The molecule has 0 radical (unpaired) electrons. The van der Waals surface area contributed by atoms with Crippen LogP contribution in [0.25, 0.3) is 0 Å². The van der Waals surface area contributed by atoms with Crippen molar-refractivity contribution in [3.8, 4) is 0 Å². The highest BCUT2D eigenvalue weighted by atomic mass is 16.5. The van der Waals surface area contributed by atoms with Gasteiger partial charge in [0.15, 0.2) is 0 Å². The molecule has 2 N–H and O–H groups in total. The minimum atomic E-state index is 0.285. The molecule has 2 aliphatic rings. The molecule has 5 nitrogen and oxygen atoms in total. The van der Waals surface area contributed by atoms with Crippen LogP contribution >= 0.6 is 0 Å². The van der Waals surface area contributed by atoms with E-state index in [2.05, 4.69) is 23.6 Å². The van der Waals surface area contributed by atoms with E-state index in [4.69, 9.17) is 10.5 Å². The van der Waals surface area contributed by atoms with E-state index in [1.807, 2.05) is 0 Å². The van der Waals surface area contributed by atoms with Gasteiger partial charge in [-0.2, -0.15) is 0 Å². The van der Waals surface area contributed by atoms with Crippen molar-refractivity contribution in [3.63, 3.8) is 0 Å². The Balaban J connectivity index is 1.85. The number of nitrogens with two attached hydrogens (primary N) is 1. The second kappa shape index (κ2) is 7.38. The number of ether oxygens (including phenoxy) is 1. The first-order valence-corrected chi connectivity index (χ1v) is 7.97. The Hall–Kier alpha value is -0.650. The molecule has 0 bridgehead atoms. The Morgan fingerprint density at radius 3 is 2.65 bits per heavy atom. The van der Waals surface area contributed by atoms with Gasteiger partial charge in [0.25, 0.3) is 0 Å². The van der Waals surface area contributed by atoms with Crippen molar-refractivity contribution in [1.29, 1.82) is 0 Å². The van der Waals surface area contributed by atoms with Crippen LogP contribution in [0.1, 0.15) is 39.5 Å². The van der Waals surface area contributed by atoms with Gasteiger partial charge in [-0.1, -0.05) is 0 Å². The normalized spacial score (nSPS) is 31.8. The van der Waals surface area contributed by atoms with Crippen molar-refractivity contribution in [2.45, 2.75) is 57.8 Å². The van der Waals surface area contributed by atoms with E-state index >= 15 is 0 Å². The molecule has 1 amide bonds. The third-order valence-electron chi connectivity index (χ3n) is 4.26. The summed E-state index contributed by atoms with van der Waals surface area (Å²) in [6, 6.07) is 0.387. The highest BCUT2D eigenvalue weighted by Gasteiger charge is 2.31.